The topological polar surface area (TPSA) is 69.5 Å². The largest absolute Gasteiger partial charge is 0.497 e. The number of hydrogen-bond acceptors (Lipinski definition) is 6. The van der Waals surface area contributed by atoms with E-state index >= 15 is 0 Å². The molecule has 2 rings (SSSR count). The van der Waals surface area contributed by atoms with Crippen molar-refractivity contribution in [1.82, 2.24) is 0 Å². The summed E-state index contributed by atoms with van der Waals surface area (Å²) in [5.74, 6) is 1.20. The first-order chi connectivity index (χ1) is 12.6. The maximum absolute atomic E-state index is 11.5. The molecule has 6 nitrogen and oxygen atoms in total. The maximum Gasteiger partial charge on any atom is 0.308 e. The first kappa shape index (κ1) is 19.4. The second kappa shape index (κ2) is 10.2. The number of esters is 1. The number of benzene rings is 2. The van der Waals surface area contributed by atoms with Gasteiger partial charge in [0, 0.05) is 0 Å². The normalized spacial score (nSPS) is 12.0. The molecule has 0 aliphatic heterocycles. The molecule has 0 saturated heterocycles. The van der Waals surface area contributed by atoms with Crippen LogP contribution < -0.4 is 9.47 Å². The fourth-order valence-corrected chi connectivity index (χ4v) is 1.98. The standard InChI is InChI=1S/C20H24N2O4/c1-4-15(2)20(23)26-14-13-25-19-11-7-17(8-12-19)22-21-16-5-9-18(24-3)10-6-16/h5-12,15H,4,13-14H2,1-3H3. The number of hydrogen-bond donors (Lipinski definition) is 0. The Balaban J connectivity index is 1.78. The SMILES string of the molecule is CCC(C)C(=O)OCCOc1ccc(N=Nc2ccc(OC)cc2)cc1. The fourth-order valence-electron chi connectivity index (χ4n) is 1.98. The molecule has 0 heterocycles. The van der Waals surface area contributed by atoms with Crippen molar-refractivity contribution in [2.75, 3.05) is 20.3 Å². The zero-order valence-electron chi connectivity index (χ0n) is 15.3. The first-order valence-electron chi connectivity index (χ1n) is 8.57. The van der Waals surface area contributed by atoms with Crippen LogP contribution >= 0.6 is 0 Å². The predicted molar refractivity (Wildman–Crippen MR) is 99.5 cm³/mol. The lowest BCUT2D eigenvalue weighted by atomic mass is 10.1. The minimum Gasteiger partial charge on any atom is -0.497 e. The fraction of sp³-hybridized carbons (Fsp3) is 0.350. The van der Waals surface area contributed by atoms with E-state index in [2.05, 4.69) is 10.2 Å². The summed E-state index contributed by atoms with van der Waals surface area (Å²) in [5, 5.41) is 8.35. The molecule has 0 aromatic heterocycles. The molecule has 0 aliphatic rings. The molecule has 0 radical (unpaired) electrons. The lowest BCUT2D eigenvalue weighted by Gasteiger charge is -2.10. The highest BCUT2D eigenvalue weighted by Gasteiger charge is 2.11. The predicted octanol–water partition coefficient (Wildman–Crippen LogP) is 5.08. The van der Waals surface area contributed by atoms with Gasteiger partial charge in [-0.3, -0.25) is 4.79 Å². The molecule has 2 aromatic carbocycles. The molecular weight excluding hydrogens is 332 g/mol. The van der Waals surface area contributed by atoms with E-state index in [4.69, 9.17) is 14.2 Å². The van der Waals surface area contributed by atoms with Gasteiger partial charge in [-0.1, -0.05) is 13.8 Å². The minimum absolute atomic E-state index is 0.0784. The van der Waals surface area contributed by atoms with Crippen molar-refractivity contribution < 1.29 is 19.0 Å². The van der Waals surface area contributed by atoms with Crippen LogP contribution in [0.4, 0.5) is 11.4 Å². The van der Waals surface area contributed by atoms with Crippen LogP contribution in [0.1, 0.15) is 20.3 Å². The molecular formula is C20H24N2O4. The van der Waals surface area contributed by atoms with Crippen molar-refractivity contribution in [2.45, 2.75) is 20.3 Å². The van der Waals surface area contributed by atoms with Crippen molar-refractivity contribution in [3.05, 3.63) is 48.5 Å². The number of carbonyl (C=O) groups is 1. The summed E-state index contributed by atoms with van der Waals surface area (Å²) in [7, 11) is 1.62. The Labute approximate surface area is 153 Å². The second-order valence-corrected chi connectivity index (χ2v) is 5.72. The van der Waals surface area contributed by atoms with Crippen molar-refractivity contribution in [1.29, 1.82) is 0 Å². The quantitative estimate of drug-likeness (QED) is 0.357. The van der Waals surface area contributed by atoms with Crippen LogP contribution in [-0.2, 0) is 9.53 Å². The van der Waals surface area contributed by atoms with E-state index in [9.17, 15) is 4.79 Å². The van der Waals surface area contributed by atoms with Crippen molar-refractivity contribution >= 4 is 17.3 Å². The van der Waals surface area contributed by atoms with Gasteiger partial charge in [-0.05, 0) is 55.0 Å². The molecule has 1 unspecified atom stereocenters. The van der Waals surface area contributed by atoms with E-state index in [0.29, 0.717) is 12.4 Å². The highest BCUT2D eigenvalue weighted by Crippen LogP contribution is 2.22. The minimum atomic E-state index is -0.189. The summed E-state index contributed by atoms with van der Waals surface area (Å²) in [4.78, 5) is 11.5. The van der Waals surface area contributed by atoms with Crippen LogP contribution in [0.3, 0.4) is 0 Å². The number of methoxy groups -OCH3 is 1. The molecule has 0 aliphatic carbocycles. The molecule has 0 amide bonds. The third-order valence-corrected chi connectivity index (χ3v) is 3.80. The van der Waals surface area contributed by atoms with Crippen LogP contribution in [0.2, 0.25) is 0 Å². The summed E-state index contributed by atoms with van der Waals surface area (Å²) in [6.45, 7) is 4.36. The van der Waals surface area contributed by atoms with Crippen LogP contribution in [0.25, 0.3) is 0 Å². The zero-order valence-corrected chi connectivity index (χ0v) is 15.3. The first-order valence-corrected chi connectivity index (χ1v) is 8.57. The summed E-state index contributed by atoms with van der Waals surface area (Å²) in [6, 6.07) is 14.6. The van der Waals surface area contributed by atoms with Crippen LogP contribution in [-0.4, -0.2) is 26.3 Å². The van der Waals surface area contributed by atoms with Gasteiger partial charge < -0.3 is 14.2 Å². The second-order valence-electron chi connectivity index (χ2n) is 5.72. The van der Waals surface area contributed by atoms with Gasteiger partial charge in [-0.2, -0.15) is 10.2 Å². The Morgan fingerprint density at radius 2 is 1.46 bits per heavy atom. The van der Waals surface area contributed by atoms with Crippen molar-refractivity contribution in [2.24, 2.45) is 16.1 Å². The third kappa shape index (κ3) is 6.20. The lowest BCUT2D eigenvalue weighted by Crippen LogP contribution is -2.17. The van der Waals surface area contributed by atoms with E-state index in [1.54, 1.807) is 19.2 Å². The lowest BCUT2D eigenvalue weighted by molar-refractivity contribution is -0.148. The average molecular weight is 356 g/mol. The Hall–Kier alpha value is -2.89. The van der Waals surface area contributed by atoms with Crippen molar-refractivity contribution in [3.8, 4) is 11.5 Å². The average Bonchev–Trinajstić information content (AvgIpc) is 2.70. The van der Waals surface area contributed by atoms with Crippen molar-refractivity contribution in [3.63, 3.8) is 0 Å². The van der Waals surface area contributed by atoms with Gasteiger partial charge in [0.1, 0.15) is 24.7 Å². The smallest absolute Gasteiger partial charge is 0.308 e. The van der Waals surface area contributed by atoms with E-state index in [1.807, 2.05) is 50.2 Å². The van der Waals surface area contributed by atoms with Gasteiger partial charge in [-0.15, -0.1) is 0 Å². The summed E-state index contributed by atoms with van der Waals surface area (Å²) in [5.41, 5.74) is 1.46. The molecule has 6 heteroatoms. The van der Waals surface area contributed by atoms with Crippen LogP contribution in [0, 0.1) is 5.92 Å². The number of ether oxygens (including phenoxy) is 3. The van der Waals surface area contributed by atoms with Gasteiger partial charge >= 0.3 is 5.97 Å². The Morgan fingerprint density at radius 1 is 0.923 bits per heavy atom. The summed E-state index contributed by atoms with van der Waals surface area (Å²) >= 11 is 0. The molecule has 0 spiro atoms. The molecule has 0 fully saturated rings. The zero-order chi connectivity index (χ0) is 18.8. The molecule has 1 atom stereocenters. The van der Waals surface area contributed by atoms with E-state index in [0.717, 1.165) is 23.5 Å². The third-order valence-electron chi connectivity index (χ3n) is 3.80. The number of carbonyl (C=O) groups excluding carboxylic acids is 1. The van der Waals surface area contributed by atoms with Gasteiger partial charge in [-0.25, -0.2) is 0 Å². The molecule has 2 aromatic rings. The monoisotopic (exact) mass is 356 g/mol. The Morgan fingerprint density at radius 3 is 1.96 bits per heavy atom. The maximum atomic E-state index is 11.5. The molecule has 0 N–H and O–H groups in total. The van der Waals surface area contributed by atoms with Gasteiger partial charge in [0.2, 0.25) is 0 Å². The number of nitrogens with zero attached hydrogens (tertiary/aromatic N) is 2. The molecule has 138 valence electrons. The molecule has 0 saturated carbocycles. The number of azo groups is 1. The van der Waals surface area contributed by atoms with Gasteiger partial charge in [0.25, 0.3) is 0 Å². The molecule has 0 bridgehead atoms. The van der Waals surface area contributed by atoms with E-state index < -0.39 is 0 Å². The van der Waals surface area contributed by atoms with Crippen LogP contribution in [0.5, 0.6) is 11.5 Å². The van der Waals surface area contributed by atoms with Gasteiger partial charge in [0.15, 0.2) is 0 Å². The molecule has 26 heavy (non-hydrogen) atoms. The summed E-state index contributed by atoms with van der Waals surface area (Å²) < 4.78 is 15.8. The Kier molecular flexibility index (Phi) is 7.61. The van der Waals surface area contributed by atoms with E-state index in [-0.39, 0.29) is 18.5 Å². The highest BCUT2D eigenvalue weighted by molar-refractivity contribution is 5.71. The van der Waals surface area contributed by atoms with Crippen LogP contribution in [0.15, 0.2) is 58.8 Å². The summed E-state index contributed by atoms with van der Waals surface area (Å²) in [6.07, 6.45) is 0.770. The number of rotatable bonds is 9. The van der Waals surface area contributed by atoms with Gasteiger partial charge in [0.05, 0.1) is 24.4 Å². The van der Waals surface area contributed by atoms with E-state index in [1.165, 1.54) is 0 Å². The highest BCUT2D eigenvalue weighted by atomic mass is 16.6. The Bertz CT molecular complexity index is 712.